The van der Waals surface area contributed by atoms with Crippen LogP contribution in [0.5, 0.6) is 0 Å². The second-order valence-electron chi connectivity index (χ2n) is 5.19. The Kier molecular flexibility index (Phi) is 5.79. The Morgan fingerprint density at radius 3 is 2.17 bits per heavy atom. The lowest BCUT2D eigenvalue weighted by Gasteiger charge is -2.16. The number of hydrogen-bond donors (Lipinski definition) is 3. The monoisotopic (exact) mass is 249 g/mol. The Morgan fingerprint density at radius 1 is 1.11 bits per heavy atom. The molecule has 0 aliphatic heterocycles. The van der Waals surface area contributed by atoms with Crippen LogP contribution in [0.25, 0.3) is 0 Å². The molecule has 0 fully saturated rings. The van der Waals surface area contributed by atoms with Crippen molar-refractivity contribution < 1.29 is 0 Å². The van der Waals surface area contributed by atoms with Gasteiger partial charge in [0.15, 0.2) is 0 Å². The number of rotatable bonds is 6. The molecule has 1 aromatic rings. The number of aryl methyl sites for hydroxylation is 2. The van der Waals surface area contributed by atoms with E-state index in [0.717, 1.165) is 19.5 Å². The molecule has 102 valence electrons. The van der Waals surface area contributed by atoms with Gasteiger partial charge in [0.1, 0.15) is 0 Å². The van der Waals surface area contributed by atoms with Crippen LogP contribution in [0.1, 0.15) is 27.8 Å². The van der Waals surface area contributed by atoms with E-state index in [0.29, 0.717) is 6.54 Å². The van der Waals surface area contributed by atoms with E-state index in [9.17, 15) is 0 Å². The van der Waals surface area contributed by atoms with Gasteiger partial charge >= 0.3 is 0 Å². The molecule has 5 N–H and O–H groups in total. The van der Waals surface area contributed by atoms with Crippen molar-refractivity contribution in [1.82, 2.24) is 5.32 Å². The Hall–Kier alpha value is -0.900. The molecule has 3 nitrogen and oxygen atoms in total. The van der Waals surface area contributed by atoms with Gasteiger partial charge in [-0.25, -0.2) is 0 Å². The lowest BCUT2D eigenvalue weighted by Crippen LogP contribution is -2.40. The predicted molar refractivity (Wildman–Crippen MR) is 79.0 cm³/mol. The van der Waals surface area contributed by atoms with Gasteiger partial charge < -0.3 is 16.8 Å². The van der Waals surface area contributed by atoms with Gasteiger partial charge in [0.25, 0.3) is 0 Å². The lowest BCUT2D eigenvalue weighted by atomic mass is 9.92. The van der Waals surface area contributed by atoms with Gasteiger partial charge in [-0.3, -0.25) is 0 Å². The van der Waals surface area contributed by atoms with Gasteiger partial charge in [0, 0.05) is 19.1 Å². The minimum atomic E-state index is 0.0615. The smallest absolute Gasteiger partial charge is 0.0290 e. The van der Waals surface area contributed by atoms with Gasteiger partial charge in [0.2, 0.25) is 0 Å². The summed E-state index contributed by atoms with van der Waals surface area (Å²) in [6.45, 7) is 11.1. The molecular formula is C15H27N3. The van der Waals surface area contributed by atoms with Crippen molar-refractivity contribution in [2.24, 2.45) is 11.5 Å². The number of nitrogens with one attached hydrogen (secondary N) is 1. The van der Waals surface area contributed by atoms with Crippen molar-refractivity contribution in [3.8, 4) is 0 Å². The number of nitrogens with two attached hydrogens (primary N) is 2. The van der Waals surface area contributed by atoms with Crippen LogP contribution in [0.3, 0.4) is 0 Å². The van der Waals surface area contributed by atoms with Crippen LogP contribution in [-0.4, -0.2) is 25.7 Å². The SMILES string of the molecule is Cc1cc(C)c(C)c(CCNCC(N)CN)c1C. The number of benzene rings is 1. The van der Waals surface area contributed by atoms with Crippen LogP contribution >= 0.6 is 0 Å². The first-order valence-electron chi connectivity index (χ1n) is 6.70. The Bertz CT molecular complexity index is 373. The highest BCUT2D eigenvalue weighted by molar-refractivity contribution is 5.44. The molecule has 0 aromatic heterocycles. The maximum absolute atomic E-state index is 5.77. The molecule has 0 aliphatic rings. The molecule has 0 saturated heterocycles. The molecule has 0 saturated carbocycles. The average molecular weight is 249 g/mol. The summed E-state index contributed by atoms with van der Waals surface area (Å²) < 4.78 is 0. The van der Waals surface area contributed by atoms with Crippen LogP contribution in [0, 0.1) is 27.7 Å². The minimum absolute atomic E-state index is 0.0615. The third-order valence-electron chi connectivity index (χ3n) is 3.78. The summed E-state index contributed by atoms with van der Waals surface area (Å²) in [5, 5.41) is 3.37. The molecule has 1 atom stereocenters. The topological polar surface area (TPSA) is 64.1 Å². The Balaban J connectivity index is 2.62. The highest BCUT2D eigenvalue weighted by Crippen LogP contribution is 2.21. The summed E-state index contributed by atoms with van der Waals surface area (Å²) in [7, 11) is 0. The number of hydrogen-bond acceptors (Lipinski definition) is 3. The summed E-state index contributed by atoms with van der Waals surface area (Å²) in [4.78, 5) is 0. The molecule has 0 aliphatic carbocycles. The molecule has 1 aromatic carbocycles. The first-order valence-corrected chi connectivity index (χ1v) is 6.70. The van der Waals surface area contributed by atoms with Crippen molar-refractivity contribution >= 4 is 0 Å². The summed E-state index contributed by atoms with van der Waals surface area (Å²) in [5.74, 6) is 0. The molecular weight excluding hydrogens is 222 g/mol. The van der Waals surface area contributed by atoms with Crippen molar-refractivity contribution in [2.45, 2.75) is 40.2 Å². The summed E-state index contributed by atoms with van der Waals surface area (Å²) >= 11 is 0. The van der Waals surface area contributed by atoms with Crippen LogP contribution < -0.4 is 16.8 Å². The van der Waals surface area contributed by atoms with E-state index in [2.05, 4.69) is 39.1 Å². The molecule has 18 heavy (non-hydrogen) atoms. The third-order valence-corrected chi connectivity index (χ3v) is 3.78. The fourth-order valence-corrected chi connectivity index (χ4v) is 2.26. The molecule has 0 radical (unpaired) electrons. The van der Waals surface area contributed by atoms with Gasteiger partial charge in [-0.1, -0.05) is 6.07 Å². The van der Waals surface area contributed by atoms with Crippen LogP contribution in [0.2, 0.25) is 0 Å². The molecule has 0 amide bonds. The molecule has 0 bridgehead atoms. The van der Waals surface area contributed by atoms with E-state index in [1.165, 1.54) is 27.8 Å². The Morgan fingerprint density at radius 2 is 1.67 bits per heavy atom. The van der Waals surface area contributed by atoms with E-state index in [1.807, 2.05) is 0 Å². The maximum Gasteiger partial charge on any atom is 0.0290 e. The molecule has 3 heteroatoms. The molecule has 0 spiro atoms. The van der Waals surface area contributed by atoms with Crippen molar-refractivity contribution in [1.29, 1.82) is 0 Å². The normalized spacial score (nSPS) is 12.8. The van der Waals surface area contributed by atoms with Crippen LogP contribution in [-0.2, 0) is 6.42 Å². The van der Waals surface area contributed by atoms with E-state index in [1.54, 1.807) is 0 Å². The summed E-state index contributed by atoms with van der Waals surface area (Å²) in [6.07, 6.45) is 1.05. The van der Waals surface area contributed by atoms with Gasteiger partial charge in [-0.15, -0.1) is 0 Å². The lowest BCUT2D eigenvalue weighted by molar-refractivity contribution is 0.582. The van der Waals surface area contributed by atoms with Gasteiger partial charge in [-0.2, -0.15) is 0 Å². The zero-order valence-electron chi connectivity index (χ0n) is 12.1. The van der Waals surface area contributed by atoms with Crippen LogP contribution in [0.4, 0.5) is 0 Å². The molecule has 0 heterocycles. The first kappa shape index (κ1) is 15.2. The van der Waals surface area contributed by atoms with E-state index in [-0.39, 0.29) is 6.04 Å². The van der Waals surface area contributed by atoms with Crippen molar-refractivity contribution in [2.75, 3.05) is 19.6 Å². The predicted octanol–water partition coefficient (Wildman–Crippen LogP) is 1.34. The highest BCUT2D eigenvalue weighted by atomic mass is 14.9. The zero-order chi connectivity index (χ0) is 13.7. The van der Waals surface area contributed by atoms with Crippen LogP contribution in [0.15, 0.2) is 6.07 Å². The van der Waals surface area contributed by atoms with Gasteiger partial charge in [-0.05, 0) is 68.5 Å². The fraction of sp³-hybridized carbons (Fsp3) is 0.600. The Labute approximate surface area is 111 Å². The molecule has 1 unspecified atom stereocenters. The summed E-state index contributed by atoms with van der Waals surface area (Å²) in [6, 6.07) is 2.33. The van der Waals surface area contributed by atoms with Crippen molar-refractivity contribution in [3.05, 3.63) is 33.9 Å². The second-order valence-corrected chi connectivity index (χ2v) is 5.19. The zero-order valence-corrected chi connectivity index (χ0v) is 12.1. The summed E-state index contributed by atoms with van der Waals surface area (Å²) in [5.41, 5.74) is 18.3. The van der Waals surface area contributed by atoms with E-state index < -0.39 is 0 Å². The maximum atomic E-state index is 5.77. The van der Waals surface area contributed by atoms with E-state index in [4.69, 9.17) is 11.5 Å². The quantitative estimate of drug-likeness (QED) is 0.667. The molecule has 1 rings (SSSR count). The van der Waals surface area contributed by atoms with Gasteiger partial charge in [0.05, 0.1) is 0 Å². The first-order chi connectivity index (χ1) is 8.47. The van der Waals surface area contributed by atoms with E-state index >= 15 is 0 Å². The third kappa shape index (κ3) is 3.80. The second kappa shape index (κ2) is 6.88. The average Bonchev–Trinajstić information content (AvgIpc) is 2.35. The largest absolute Gasteiger partial charge is 0.329 e. The van der Waals surface area contributed by atoms with Crippen molar-refractivity contribution in [3.63, 3.8) is 0 Å². The standard InChI is InChI=1S/C15H27N3/c1-10-7-11(2)13(4)15(12(10)3)5-6-18-9-14(17)8-16/h7,14,18H,5-6,8-9,16-17H2,1-4H3. The minimum Gasteiger partial charge on any atom is -0.329 e. The highest BCUT2D eigenvalue weighted by Gasteiger charge is 2.08. The fourth-order valence-electron chi connectivity index (χ4n) is 2.26.